The second-order valence-electron chi connectivity index (χ2n) is 9.77. The van der Waals surface area contributed by atoms with E-state index in [4.69, 9.17) is 9.47 Å². The van der Waals surface area contributed by atoms with Crippen LogP contribution in [0.25, 0.3) is 0 Å². The fraction of sp³-hybridized carbons (Fsp3) is 0.333. The molecule has 0 atom stereocenters. The Hall–Kier alpha value is -4.05. The molecule has 0 bridgehead atoms. The van der Waals surface area contributed by atoms with Gasteiger partial charge in [-0.1, -0.05) is 49.1 Å². The maximum atomic E-state index is 13.9. The zero-order chi connectivity index (χ0) is 28.7. The number of benzene rings is 3. The number of nitrogens with zero attached hydrogens (tertiary/aromatic N) is 1. The SMILES string of the molecule is COc1ccc(S(=O)(=O)N(CC(=O)Nc2ccccc2C(=O)NC2CCCCC2)c2ccc(C)cc2)cc1OC. The fourth-order valence-corrected chi connectivity index (χ4v) is 6.19. The molecule has 0 radical (unpaired) electrons. The van der Waals surface area contributed by atoms with Crippen LogP contribution in [-0.4, -0.2) is 47.0 Å². The molecular formula is C30H35N3O6S. The summed E-state index contributed by atoms with van der Waals surface area (Å²) in [6, 6.07) is 17.9. The average molecular weight is 566 g/mol. The minimum Gasteiger partial charge on any atom is -0.493 e. The maximum absolute atomic E-state index is 13.9. The lowest BCUT2D eigenvalue weighted by atomic mass is 9.95. The van der Waals surface area contributed by atoms with Gasteiger partial charge in [-0.2, -0.15) is 0 Å². The molecule has 0 spiro atoms. The van der Waals surface area contributed by atoms with Crippen molar-refractivity contribution in [2.24, 2.45) is 0 Å². The second-order valence-corrected chi connectivity index (χ2v) is 11.6. The molecule has 9 nitrogen and oxygen atoms in total. The summed E-state index contributed by atoms with van der Waals surface area (Å²) in [5.41, 5.74) is 1.90. The van der Waals surface area contributed by atoms with Crippen molar-refractivity contribution in [2.75, 3.05) is 30.4 Å². The molecule has 40 heavy (non-hydrogen) atoms. The van der Waals surface area contributed by atoms with Crippen molar-refractivity contribution in [3.8, 4) is 11.5 Å². The van der Waals surface area contributed by atoms with Gasteiger partial charge in [0.1, 0.15) is 6.54 Å². The Bertz CT molecular complexity index is 1450. The molecule has 4 rings (SSSR count). The lowest BCUT2D eigenvalue weighted by molar-refractivity contribution is -0.114. The van der Waals surface area contributed by atoms with Gasteiger partial charge in [-0.05, 0) is 56.2 Å². The topological polar surface area (TPSA) is 114 Å². The highest BCUT2D eigenvalue weighted by atomic mass is 32.2. The molecule has 212 valence electrons. The van der Waals surface area contributed by atoms with E-state index < -0.39 is 22.5 Å². The van der Waals surface area contributed by atoms with Crippen LogP contribution in [0.5, 0.6) is 11.5 Å². The van der Waals surface area contributed by atoms with Crippen LogP contribution in [0.15, 0.2) is 71.6 Å². The monoisotopic (exact) mass is 565 g/mol. The van der Waals surface area contributed by atoms with Crippen molar-refractivity contribution in [3.05, 3.63) is 77.9 Å². The number of rotatable bonds is 10. The number of amides is 2. The minimum atomic E-state index is -4.20. The minimum absolute atomic E-state index is 0.0641. The number of carbonyl (C=O) groups excluding carboxylic acids is 2. The Morgan fingerprint density at radius 2 is 1.57 bits per heavy atom. The number of sulfonamides is 1. The molecule has 0 saturated heterocycles. The summed E-state index contributed by atoms with van der Waals surface area (Å²) in [6.07, 6.45) is 5.18. The number of methoxy groups -OCH3 is 2. The zero-order valence-corrected chi connectivity index (χ0v) is 23.8. The van der Waals surface area contributed by atoms with E-state index in [-0.39, 0.29) is 22.6 Å². The highest BCUT2D eigenvalue weighted by Crippen LogP contribution is 2.32. The van der Waals surface area contributed by atoms with E-state index in [1.807, 2.05) is 6.92 Å². The first-order chi connectivity index (χ1) is 19.2. The summed E-state index contributed by atoms with van der Waals surface area (Å²) in [7, 11) is -1.32. The highest BCUT2D eigenvalue weighted by molar-refractivity contribution is 7.92. The first kappa shape index (κ1) is 28.9. The van der Waals surface area contributed by atoms with E-state index in [9.17, 15) is 18.0 Å². The molecule has 3 aromatic carbocycles. The van der Waals surface area contributed by atoms with Crippen LogP contribution in [0.3, 0.4) is 0 Å². The summed E-state index contributed by atoms with van der Waals surface area (Å²) >= 11 is 0. The molecule has 0 unspecified atom stereocenters. The van der Waals surface area contributed by atoms with Crippen LogP contribution < -0.4 is 24.4 Å². The predicted octanol–water partition coefficient (Wildman–Crippen LogP) is 4.91. The molecular weight excluding hydrogens is 530 g/mol. The van der Waals surface area contributed by atoms with Gasteiger partial charge in [0.25, 0.3) is 15.9 Å². The highest BCUT2D eigenvalue weighted by Gasteiger charge is 2.29. The van der Waals surface area contributed by atoms with Crippen LogP contribution >= 0.6 is 0 Å². The van der Waals surface area contributed by atoms with Gasteiger partial charge >= 0.3 is 0 Å². The van der Waals surface area contributed by atoms with Crippen LogP contribution in [0, 0.1) is 6.92 Å². The van der Waals surface area contributed by atoms with Crippen molar-refractivity contribution in [1.29, 1.82) is 0 Å². The molecule has 1 aliphatic carbocycles. The molecule has 2 N–H and O–H groups in total. The summed E-state index contributed by atoms with van der Waals surface area (Å²) < 4.78 is 39.3. The number of aryl methyl sites for hydroxylation is 1. The largest absolute Gasteiger partial charge is 0.493 e. The Labute approximate surface area is 235 Å². The Balaban J connectivity index is 1.60. The van der Waals surface area contributed by atoms with Gasteiger partial charge in [-0.15, -0.1) is 0 Å². The molecule has 1 fully saturated rings. The summed E-state index contributed by atoms with van der Waals surface area (Å²) in [5, 5.41) is 5.82. The smallest absolute Gasteiger partial charge is 0.264 e. The zero-order valence-electron chi connectivity index (χ0n) is 23.0. The quantitative estimate of drug-likeness (QED) is 0.361. The molecule has 10 heteroatoms. The van der Waals surface area contributed by atoms with Gasteiger partial charge in [-0.3, -0.25) is 13.9 Å². The molecule has 3 aromatic rings. The van der Waals surface area contributed by atoms with E-state index in [0.717, 1.165) is 35.6 Å². The van der Waals surface area contributed by atoms with Gasteiger partial charge < -0.3 is 20.1 Å². The van der Waals surface area contributed by atoms with E-state index >= 15 is 0 Å². The van der Waals surface area contributed by atoms with Crippen LogP contribution in [0.4, 0.5) is 11.4 Å². The third kappa shape index (κ3) is 6.74. The lowest BCUT2D eigenvalue weighted by Gasteiger charge is -2.25. The van der Waals surface area contributed by atoms with E-state index in [1.165, 1.54) is 38.8 Å². The van der Waals surface area contributed by atoms with Gasteiger partial charge in [0.05, 0.1) is 36.1 Å². The van der Waals surface area contributed by atoms with E-state index in [1.54, 1.807) is 48.5 Å². The number of anilines is 2. The number of nitrogens with one attached hydrogen (secondary N) is 2. The first-order valence-electron chi connectivity index (χ1n) is 13.2. The van der Waals surface area contributed by atoms with Gasteiger partial charge in [0.2, 0.25) is 5.91 Å². The van der Waals surface area contributed by atoms with Gasteiger partial charge in [0, 0.05) is 12.1 Å². The molecule has 0 aromatic heterocycles. The van der Waals surface area contributed by atoms with Crippen molar-refractivity contribution in [1.82, 2.24) is 5.32 Å². The summed E-state index contributed by atoms with van der Waals surface area (Å²) in [4.78, 5) is 26.3. The van der Waals surface area contributed by atoms with Gasteiger partial charge in [-0.25, -0.2) is 8.42 Å². The first-order valence-corrected chi connectivity index (χ1v) is 14.7. The molecule has 0 aliphatic heterocycles. The Morgan fingerprint density at radius 3 is 2.25 bits per heavy atom. The van der Waals surface area contributed by atoms with Gasteiger partial charge in [0.15, 0.2) is 11.5 Å². The third-order valence-corrected chi connectivity index (χ3v) is 8.71. The predicted molar refractivity (Wildman–Crippen MR) is 155 cm³/mol. The lowest BCUT2D eigenvalue weighted by Crippen LogP contribution is -2.39. The second kappa shape index (κ2) is 12.9. The van der Waals surface area contributed by atoms with Crippen LogP contribution in [0.1, 0.15) is 48.0 Å². The van der Waals surface area contributed by atoms with Crippen molar-refractivity contribution >= 4 is 33.2 Å². The molecule has 0 heterocycles. The number of hydrogen-bond donors (Lipinski definition) is 2. The maximum Gasteiger partial charge on any atom is 0.264 e. The van der Waals surface area contributed by atoms with Crippen LogP contribution in [-0.2, 0) is 14.8 Å². The fourth-order valence-electron chi connectivity index (χ4n) is 4.75. The number of hydrogen-bond acceptors (Lipinski definition) is 6. The van der Waals surface area contributed by atoms with E-state index in [2.05, 4.69) is 10.6 Å². The van der Waals surface area contributed by atoms with E-state index in [0.29, 0.717) is 22.7 Å². The Morgan fingerprint density at radius 1 is 0.900 bits per heavy atom. The van der Waals surface area contributed by atoms with Crippen molar-refractivity contribution in [3.63, 3.8) is 0 Å². The number of para-hydroxylation sites is 1. The molecule has 1 saturated carbocycles. The van der Waals surface area contributed by atoms with Crippen molar-refractivity contribution in [2.45, 2.75) is 50.0 Å². The number of ether oxygens (including phenoxy) is 2. The van der Waals surface area contributed by atoms with Crippen molar-refractivity contribution < 1.29 is 27.5 Å². The standard InChI is InChI=1S/C30H35N3O6S/c1-21-13-15-23(16-14-21)33(40(36,37)24-17-18-27(38-2)28(19-24)39-3)20-29(34)32-26-12-8-7-11-25(26)30(35)31-22-9-5-4-6-10-22/h7-8,11-19,22H,4-6,9-10,20H2,1-3H3,(H,31,35)(H,32,34). The summed E-state index contributed by atoms with van der Waals surface area (Å²) in [5.74, 6) is -0.238. The average Bonchev–Trinajstić information content (AvgIpc) is 2.96. The Kier molecular flexibility index (Phi) is 9.31. The van der Waals surface area contributed by atoms with Crippen LogP contribution in [0.2, 0.25) is 0 Å². The normalized spacial score (nSPS) is 13.8. The summed E-state index contributed by atoms with van der Waals surface area (Å²) in [6.45, 7) is 1.37. The number of carbonyl (C=O) groups is 2. The third-order valence-electron chi connectivity index (χ3n) is 6.94. The molecule has 1 aliphatic rings. The molecule has 2 amide bonds.